The molecule has 124 valence electrons. The van der Waals surface area contributed by atoms with E-state index in [1.54, 1.807) is 0 Å². The number of hydrogen-bond donors (Lipinski definition) is 0. The van der Waals surface area contributed by atoms with Crippen molar-refractivity contribution in [1.82, 2.24) is 0 Å². The zero-order chi connectivity index (χ0) is 16.4. The number of carbonyl (C=O) groups excluding carboxylic acids is 1. The Balaban J connectivity index is 2.04. The highest BCUT2D eigenvalue weighted by Gasteiger charge is 2.16. The van der Waals surface area contributed by atoms with E-state index in [-0.39, 0.29) is 12.6 Å². The largest absolute Gasteiger partial charge is 0.458 e. The van der Waals surface area contributed by atoms with Crippen LogP contribution in [0, 0.1) is 5.92 Å². The fourth-order valence-corrected chi connectivity index (χ4v) is 1.85. The third-order valence-corrected chi connectivity index (χ3v) is 2.91. The van der Waals surface area contributed by atoms with Gasteiger partial charge in [0.25, 0.3) is 0 Å². The summed E-state index contributed by atoms with van der Waals surface area (Å²) in [6.07, 6.45) is 0.904. The SMILES string of the molecule is CC(CCOCc1ccccc1)COCC(=O)OC(C)(C)C. The van der Waals surface area contributed by atoms with Crippen LogP contribution in [0.25, 0.3) is 0 Å². The van der Waals surface area contributed by atoms with Crippen LogP contribution >= 0.6 is 0 Å². The van der Waals surface area contributed by atoms with Crippen LogP contribution in [-0.4, -0.2) is 31.4 Å². The van der Waals surface area contributed by atoms with E-state index in [9.17, 15) is 4.79 Å². The first kappa shape index (κ1) is 18.7. The van der Waals surface area contributed by atoms with Gasteiger partial charge in [0.2, 0.25) is 0 Å². The van der Waals surface area contributed by atoms with Gasteiger partial charge in [0.1, 0.15) is 12.2 Å². The van der Waals surface area contributed by atoms with Crippen molar-refractivity contribution < 1.29 is 19.0 Å². The Morgan fingerprint density at radius 3 is 2.45 bits per heavy atom. The van der Waals surface area contributed by atoms with Gasteiger partial charge in [0.15, 0.2) is 0 Å². The molecule has 4 nitrogen and oxygen atoms in total. The zero-order valence-electron chi connectivity index (χ0n) is 14.1. The van der Waals surface area contributed by atoms with E-state index in [4.69, 9.17) is 14.2 Å². The van der Waals surface area contributed by atoms with Gasteiger partial charge in [-0.05, 0) is 38.7 Å². The van der Waals surface area contributed by atoms with Gasteiger partial charge in [-0.3, -0.25) is 0 Å². The third kappa shape index (κ3) is 9.53. The average molecular weight is 308 g/mol. The predicted molar refractivity (Wildman–Crippen MR) is 86.5 cm³/mol. The van der Waals surface area contributed by atoms with Crippen LogP contribution in [0.2, 0.25) is 0 Å². The van der Waals surface area contributed by atoms with E-state index in [1.165, 1.54) is 5.56 Å². The molecule has 0 aliphatic rings. The van der Waals surface area contributed by atoms with E-state index in [0.717, 1.165) is 6.42 Å². The molecule has 0 fully saturated rings. The smallest absolute Gasteiger partial charge is 0.332 e. The quantitative estimate of drug-likeness (QED) is 0.516. The van der Waals surface area contributed by atoms with Crippen molar-refractivity contribution in [3.05, 3.63) is 35.9 Å². The first-order valence-electron chi connectivity index (χ1n) is 7.78. The van der Waals surface area contributed by atoms with E-state index in [0.29, 0.717) is 25.7 Å². The topological polar surface area (TPSA) is 44.8 Å². The molecule has 0 saturated carbocycles. The van der Waals surface area contributed by atoms with Crippen molar-refractivity contribution in [2.45, 2.75) is 46.3 Å². The van der Waals surface area contributed by atoms with Crippen LogP contribution in [-0.2, 0) is 25.6 Å². The summed E-state index contributed by atoms with van der Waals surface area (Å²) in [6.45, 7) is 9.48. The van der Waals surface area contributed by atoms with Gasteiger partial charge < -0.3 is 14.2 Å². The summed E-state index contributed by atoms with van der Waals surface area (Å²) < 4.78 is 16.2. The molecule has 22 heavy (non-hydrogen) atoms. The molecule has 0 saturated heterocycles. The molecule has 4 heteroatoms. The highest BCUT2D eigenvalue weighted by Crippen LogP contribution is 2.08. The van der Waals surface area contributed by atoms with Crippen LogP contribution in [0.3, 0.4) is 0 Å². The van der Waals surface area contributed by atoms with Gasteiger partial charge in [-0.2, -0.15) is 0 Å². The molecule has 0 bridgehead atoms. The molecule has 0 radical (unpaired) electrons. The second kappa shape index (κ2) is 9.59. The van der Waals surface area contributed by atoms with Crippen molar-refractivity contribution in [2.75, 3.05) is 19.8 Å². The Labute approximate surface area is 133 Å². The lowest BCUT2D eigenvalue weighted by Crippen LogP contribution is -2.27. The van der Waals surface area contributed by atoms with Crippen LogP contribution in [0.5, 0.6) is 0 Å². The normalized spacial score (nSPS) is 12.9. The molecule has 0 spiro atoms. The van der Waals surface area contributed by atoms with Crippen molar-refractivity contribution in [2.24, 2.45) is 5.92 Å². The molecule has 0 N–H and O–H groups in total. The summed E-state index contributed by atoms with van der Waals surface area (Å²) >= 11 is 0. The third-order valence-electron chi connectivity index (χ3n) is 2.91. The fraction of sp³-hybridized carbons (Fsp3) is 0.611. The van der Waals surface area contributed by atoms with Gasteiger partial charge in [0, 0.05) is 13.2 Å². The first-order valence-corrected chi connectivity index (χ1v) is 7.78. The number of rotatable bonds is 9. The van der Waals surface area contributed by atoms with Crippen LogP contribution in [0.1, 0.15) is 39.7 Å². The number of esters is 1. The van der Waals surface area contributed by atoms with Crippen LogP contribution < -0.4 is 0 Å². The van der Waals surface area contributed by atoms with Crippen molar-refractivity contribution in [3.63, 3.8) is 0 Å². The van der Waals surface area contributed by atoms with Gasteiger partial charge in [-0.15, -0.1) is 0 Å². The van der Waals surface area contributed by atoms with Crippen LogP contribution in [0.15, 0.2) is 30.3 Å². The van der Waals surface area contributed by atoms with Crippen LogP contribution in [0.4, 0.5) is 0 Å². The maximum absolute atomic E-state index is 11.5. The lowest BCUT2D eigenvalue weighted by Gasteiger charge is -2.19. The molecule has 1 atom stereocenters. The monoisotopic (exact) mass is 308 g/mol. The summed E-state index contributed by atoms with van der Waals surface area (Å²) in [5.74, 6) is 0.0261. The highest BCUT2D eigenvalue weighted by atomic mass is 16.6. The lowest BCUT2D eigenvalue weighted by atomic mass is 10.1. The summed E-state index contributed by atoms with van der Waals surface area (Å²) in [5.41, 5.74) is 0.716. The van der Waals surface area contributed by atoms with Gasteiger partial charge in [0.05, 0.1) is 6.61 Å². The molecule has 0 aliphatic carbocycles. The van der Waals surface area contributed by atoms with Gasteiger partial charge in [-0.25, -0.2) is 4.79 Å². The minimum Gasteiger partial charge on any atom is -0.458 e. The number of benzene rings is 1. The molecule has 1 aromatic carbocycles. The second-order valence-corrected chi connectivity index (χ2v) is 6.53. The molecular weight excluding hydrogens is 280 g/mol. The second-order valence-electron chi connectivity index (χ2n) is 6.53. The fourth-order valence-electron chi connectivity index (χ4n) is 1.85. The zero-order valence-corrected chi connectivity index (χ0v) is 14.1. The number of carbonyl (C=O) groups is 1. The summed E-state index contributed by atoms with van der Waals surface area (Å²) in [5, 5.41) is 0. The Kier molecular flexibility index (Phi) is 8.13. The molecule has 1 rings (SSSR count). The standard InChI is InChI=1S/C18H28O4/c1-15(12-21-14-17(19)22-18(2,3)4)10-11-20-13-16-8-6-5-7-9-16/h5-9,15H,10-14H2,1-4H3. The Morgan fingerprint density at radius 1 is 1.14 bits per heavy atom. The first-order chi connectivity index (χ1) is 10.4. The van der Waals surface area contributed by atoms with E-state index >= 15 is 0 Å². The summed E-state index contributed by atoms with van der Waals surface area (Å²) in [6, 6.07) is 10.1. The Morgan fingerprint density at radius 2 is 1.82 bits per heavy atom. The Hall–Kier alpha value is -1.39. The van der Waals surface area contributed by atoms with E-state index in [2.05, 4.69) is 6.92 Å². The van der Waals surface area contributed by atoms with Gasteiger partial charge >= 0.3 is 5.97 Å². The minimum atomic E-state index is -0.461. The van der Waals surface area contributed by atoms with E-state index < -0.39 is 5.60 Å². The van der Waals surface area contributed by atoms with Crippen molar-refractivity contribution >= 4 is 5.97 Å². The van der Waals surface area contributed by atoms with E-state index in [1.807, 2.05) is 51.1 Å². The molecule has 0 aromatic heterocycles. The van der Waals surface area contributed by atoms with Gasteiger partial charge in [-0.1, -0.05) is 37.3 Å². The maximum Gasteiger partial charge on any atom is 0.332 e. The number of ether oxygens (including phenoxy) is 3. The maximum atomic E-state index is 11.5. The number of hydrogen-bond acceptors (Lipinski definition) is 4. The highest BCUT2D eigenvalue weighted by molar-refractivity contribution is 5.71. The average Bonchev–Trinajstić information content (AvgIpc) is 2.43. The molecule has 1 unspecified atom stereocenters. The molecule has 0 heterocycles. The molecular formula is C18H28O4. The lowest BCUT2D eigenvalue weighted by molar-refractivity contribution is -0.160. The molecule has 1 aromatic rings. The Bertz CT molecular complexity index is 422. The summed E-state index contributed by atoms with van der Waals surface area (Å²) in [7, 11) is 0. The minimum absolute atomic E-state index is 0.00643. The molecule has 0 amide bonds. The summed E-state index contributed by atoms with van der Waals surface area (Å²) in [4.78, 5) is 11.5. The van der Waals surface area contributed by atoms with Crippen molar-refractivity contribution in [1.29, 1.82) is 0 Å². The molecule has 0 aliphatic heterocycles. The predicted octanol–water partition coefficient (Wildman–Crippen LogP) is 3.59. The van der Waals surface area contributed by atoms with Crippen molar-refractivity contribution in [3.8, 4) is 0 Å².